The van der Waals surface area contributed by atoms with Gasteiger partial charge in [-0.05, 0) is 29.7 Å². The predicted molar refractivity (Wildman–Crippen MR) is 127 cm³/mol. The summed E-state index contributed by atoms with van der Waals surface area (Å²) in [6, 6.07) is 27.9. The van der Waals surface area contributed by atoms with Crippen LogP contribution in [0, 0.1) is 23.7 Å². The fourth-order valence-corrected chi connectivity index (χ4v) is 5.89. The Balaban J connectivity index is 1.42. The zero-order valence-corrected chi connectivity index (χ0v) is 17.8. The lowest BCUT2D eigenvalue weighted by molar-refractivity contribution is -0.122. The summed E-state index contributed by atoms with van der Waals surface area (Å²) in [6.45, 7) is 2.12. The molecule has 0 spiro atoms. The molecular formula is C29H23NO2. The smallest absolute Gasteiger partial charge is 0.238 e. The number of imide groups is 1. The molecule has 32 heavy (non-hydrogen) atoms. The lowest BCUT2D eigenvalue weighted by Crippen LogP contribution is -2.33. The Hall–Kier alpha value is -3.72. The molecule has 156 valence electrons. The average Bonchev–Trinajstić information content (AvgIpc) is 3.49. The van der Waals surface area contributed by atoms with Crippen molar-refractivity contribution in [3.05, 3.63) is 108 Å². The Kier molecular flexibility index (Phi) is 4.25. The number of benzene rings is 3. The standard InChI is InChI=1S/C29H23NO2/c1-18(19-10-4-2-5-11-19)25-22-16-17-23(25)27-26(22)28(31)30(29(27)32)24-15-9-8-14-21(24)20-12-6-3-7-13-20/h2-17,22-23,26-27H,1H3/t22-,23-,26-,27-/m1/s1. The molecule has 6 rings (SSSR count). The molecule has 3 nitrogen and oxygen atoms in total. The van der Waals surface area contributed by atoms with Gasteiger partial charge in [0.15, 0.2) is 0 Å². The maximum Gasteiger partial charge on any atom is 0.238 e. The monoisotopic (exact) mass is 417 g/mol. The Labute approximate surface area is 187 Å². The molecule has 2 fully saturated rings. The van der Waals surface area contributed by atoms with Gasteiger partial charge in [0, 0.05) is 17.4 Å². The highest BCUT2D eigenvalue weighted by atomic mass is 16.2. The summed E-state index contributed by atoms with van der Waals surface area (Å²) in [5.41, 5.74) is 6.19. The summed E-state index contributed by atoms with van der Waals surface area (Å²) in [4.78, 5) is 28.9. The van der Waals surface area contributed by atoms with Crippen LogP contribution in [0.25, 0.3) is 16.7 Å². The van der Waals surface area contributed by atoms with Gasteiger partial charge < -0.3 is 0 Å². The van der Waals surface area contributed by atoms with E-state index in [1.807, 2.05) is 72.8 Å². The maximum absolute atomic E-state index is 13.7. The van der Waals surface area contributed by atoms with Crippen LogP contribution in [0.15, 0.2) is 103 Å². The fourth-order valence-electron chi connectivity index (χ4n) is 5.89. The van der Waals surface area contributed by atoms with Crippen LogP contribution in [0.3, 0.4) is 0 Å². The van der Waals surface area contributed by atoms with Crippen LogP contribution in [0.4, 0.5) is 5.69 Å². The minimum atomic E-state index is -0.310. The van der Waals surface area contributed by atoms with Crippen molar-refractivity contribution in [2.45, 2.75) is 6.92 Å². The van der Waals surface area contributed by atoms with Gasteiger partial charge >= 0.3 is 0 Å². The van der Waals surface area contributed by atoms with E-state index in [-0.39, 0.29) is 35.5 Å². The van der Waals surface area contributed by atoms with Gasteiger partial charge in [-0.25, -0.2) is 4.90 Å². The molecule has 2 bridgehead atoms. The van der Waals surface area contributed by atoms with E-state index in [4.69, 9.17) is 0 Å². The first-order valence-electron chi connectivity index (χ1n) is 11.1. The van der Waals surface area contributed by atoms with Crippen LogP contribution in [0.2, 0.25) is 0 Å². The SMILES string of the molecule is CC(=C1[C@H]2C=C[C@H]1[C@H]1C(=O)N(c3ccccc3-c3ccccc3)C(=O)[C@@H]12)c1ccccc1. The number of rotatable bonds is 3. The largest absolute Gasteiger partial charge is 0.274 e. The molecular weight excluding hydrogens is 394 g/mol. The molecule has 2 aliphatic carbocycles. The predicted octanol–water partition coefficient (Wildman–Crippen LogP) is 5.75. The van der Waals surface area contributed by atoms with Crippen LogP contribution in [0.5, 0.6) is 0 Å². The molecule has 1 saturated heterocycles. The second kappa shape index (κ2) is 7.16. The van der Waals surface area contributed by atoms with E-state index < -0.39 is 0 Å². The Morgan fingerprint density at radius 1 is 0.688 bits per heavy atom. The first-order valence-corrected chi connectivity index (χ1v) is 11.1. The second-order valence-corrected chi connectivity index (χ2v) is 8.83. The lowest BCUT2D eigenvalue weighted by atomic mass is 9.85. The highest BCUT2D eigenvalue weighted by Crippen LogP contribution is 2.58. The molecule has 3 heteroatoms. The molecule has 0 unspecified atom stereocenters. The van der Waals surface area contributed by atoms with E-state index >= 15 is 0 Å². The number of hydrogen-bond acceptors (Lipinski definition) is 2. The highest BCUT2D eigenvalue weighted by Gasteiger charge is 2.62. The quantitative estimate of drug-likeness (QED) is 0.402. The van der Waals surface area contributed by atoms with E-state index in [9.17, 15) is 9.59 Å². The topological polar surface area (TPSA) is 37.4 Å². The number of carbonyl (C=O) groups excluding carboxylic acids is 2. The summed E-state index contributed by atoms with van der Waals surface area (Å²) in [6.07, 6.45) is 4.29. The summed E-state index contributed by atoms with van der Waals surface area (Å²) in [5.74, 6) is -0.770. The average molecular weight is 418 g/mol. The molecule has 2 amide bonds. The van der Waals surface area contributed by atoms with Gasteiger partial charge in [0.25, 0.3) is 0 Å². The van der Waals surface area contributed by atoms with Crippen LogP contribution in [-0.4, -0.2) is 11.8 Å². The van der Waals surface area contributed by atoms with Gasteiger partial charge in [0.2, 0.25) is 11.8 Å². The van der Waals surface area contributed by atoms with E-state index in [0.717, 1.165) is 16.7 Å². The number of nitrogens with zero attached hydrogens (tertiary/aromatic N) is 1. The Morgan fingerprint density at radius 2 is 1.22 bits per heavy atom. The van der Waals surface area contributed by atoms with Crippen molar-refractivity contribution in [2.75, 3.05) is 4.90 Å². The second-order valence-electron chi connectivity index (χ2n) is 8.83. The van der Waals surface area contributed by atoms with Crippen molar-refractivity contribution in [1.29, 1.82) is 0 Å². The summed E-state index contributed by atoms with van der Waals surface area (Å²) in [7, 11) is 0. The van der Waals surface area contributed by atoms with E-state index in [2.05, 4.69) is 31.2 Å². The molecule has 0 aromatic heterocycles. The highest BCUT2D eigenvalue weighted by molar-refractivity contribution is 6.24. The minimum Gasteiger partial charge on any atom is -0.274 e. The van der Waals surface area contributed by atoms with Gasteiger partial charge in [0.05, 0.1) is 17.5 Å². The van der Waals surface area contributed by atoms with Crippen LogP contribution >= 0.6 is 0 Å². The summed E-state index contributed by atoms with van der Waals surface area (Å²) >= 11 is 0. The number of carbonyl (C=O) groups is 2. The third-order valence-corrected chi connectivity index (χ3v) is 7.29. The van der Waals surface area contributed by atoms with E-state index in [1.165, 1.54) is 16.0 Å². The summed E-state index contributed by atoms with van der Waals surface area (Å²) in [5, 5.41) is 0. The summed E-state index contributed by atoms with van der Waals surface area (Å²) < 4.78 is 0. The molecule has 1 saturated carbocycles. The number of para-hydroxylation sites is 1. The van der Waals surface area contributed by atoms with Crippen LogP contribution in [-0.2, 0) is 9.59 Å². The molecule has 0 radical (unpaired) electrons. The van der Waals surface area contributed by atoms with Crippen molar-refractivity contribution >= 4 is 23.1 Å². The third kappa shape index (κ3) is 2.61. The number of amides is 2. The van der Waals surface area contributed by atoms with Crippen LogP contribution < -0.4 is 4.90 Å². The van der Waals surface area contributed by atoms with Gasteiger partial charge in [-0.15, -0.1) is 0 Å². The van der Waals surface area contributed by atoms with Gasteiger partial charge in [-0.3, -0.25) is 9.59 Å². The lowest BCUT2D eigenvalue weighted by Gasteiger charge is -2.22. The van der Waals surface area contributed by atoms with Gasteiger partial charge in [-0.1, -0.05) is 96.6 Å². The Morgan fingerprint density at radius 3 is 1.84 bits per heavy atom. The van der Waals surface area contributed by atoms with E-state index in [1.54, 1.807) is 0 Å². The van der Waals surface area contributed by atoms with Crippen molar-refractivity contribution in [2.24, 2.45) is 23.7 Å². The van der Waals surface area contributed by atoms with Crippen LogP contribution in [0.1, 0.15) is 12.5 Å². The van der Waals surface area contributed by atoms with Crippen molar-refractivity contribution in [3.63, 3.8) is 0 Å². The zero-order chi connectivity index (χ0) is 21.8. The third-order valence-electron chi connectivity index (χ3n) is 7.29. The molecule has 4 atom stereocenters. The molecule has 1 heterocycles. The van der Waals surface area contributed by atoms with Crippen molar-refractivity contribution < 1.29 is 9.59 Å². The first-order chi connectivity index (χ1) is 15.7. The molecule has 3 aromatic carbocycles. The number of fused-ring (bicyclic) bond motifs is 5. The van der Waals surface area contributed by atoms with Crippen molar-refractivity contribution in [3.8, 4) is 11.1 Å². The number of allylic oxidation sites excluding steroid dienone is 4. The fraction of sp³-hybridized carbons (Fsp3) is 0.172. The van der Waals surface area contributed by atoms with E-state index in [0.29, 0.717) is 5.69 Å². The maximum atomic E-state index is 13.7. The zero-order valence-electron chi connectivity index (χ0n) is 17.8. The first kappa shape index (κ1) is 19.0. The number of hydrogen-bond donors (Lipinski definition) is 0. The number of anilines is 1. The minimum absolute atomic E-state index is 0.00413. The molecule has 3 aliphatic rings. The molecule has 0 N–H and O–H groups in total. The molecule has 1 aliphatic heterocycles. The Bertz CT molecular complexity index is 1260. The normalized spacial score (nSPS) is 25.5. The van der Waals surface area contributed by atoms with Gasteiger partial charge in [0.1, 0.15) is 0 Å². The molecule has 3 aromatic rings. The van der Waals surface area contributed by atoms with Crippen molar-refractivity contribution in [1.82, 2.24) is 0 Å². The van der Waals surface area contributed by atoms with Gasteiger partial charge in [-0.2, -0.15) is 0 Å².